The van der Waals surface area contributed by atoms with Crippen LogP contribution < -0.4 is 10.1 Å². The van der Waals surface area contributed by atoms with Crippen LogP contribution in [0.4, 0.5) is 0 Å². The molecule has 0 amide bonds. The van der Waals surface area contributed by atoms with Crippen LogP contribution >= 0.6 is 0 Å². The van der Waals surface area contributed by atoms with Crippen LogP contribution in [0.2, 0.25) is 0 Å². The van der Waals surface area contributed by atoms with Crippen LogP contribution in [0.3, 0.4) is 0 Å². The predicted molar refractivity (Wildman–Crippen MR) is 82.8 cm³/mol. The molecule has 0 aliphatic heterocycles. The van der Waals surface area contributed by atoms with E-state index in [1.54, 1.807) is 7.11 Å². The van der Waals surface area contributed by atoms with E-state index >= 15 is 0 Å². The Morgan fingerprint density at radius 1 is 1.26 bits per heavy atom. The van der Waals surface area contributed by atoms with E-state index in [9.17, 15) is 0 Å². The van der Waals surface area contributed by atoms with Crippen molar-refractivity contribution in [3.8, 4) is 5.75 Å². The lowest BCUT2D eigenvalue weighted by Crippen LogP contribution is -2.23. The number of methoxy groups -OCH3 is 1. The standard InChI is InChI=1S/C17H29NO/c1-5-8-14(2)11-15(13-18-3)12-16-9-6-7-10-17(16)19-4/h6-7,9-10,14-15,18H,5,8,11-13H2,1-4H3. The Morgan fingerprint density at radius 3 is 2.63 bits per heavy atom. The molecule has 2 unspecified atom stereocenters. The second-order valence-electron chi connectivity index (χ2n) is 5.57. The molecule has 2 heteroatoms. The second kappa shape index (κ2) is 8.98. The van der Waals surface area contributed by atoms with E-state index in [1.165, 1.54) is 24.8 Å². The van der Waals surface area contributed by atoms with Gasteiger partial charge in [-0.05, 0) is 49.9 Å². The molecule has 1 N–H and O–H groups in total. The highest BCUT2D eigenvalue weighted by atomic mass is 16.5. The average Bonchev–Trinajstić information content (AvgIpc) is 2.40. The van der Waals surface area contributed by atoms with Gasteiger partial charge in [-0.1, -0.05) is 44.9 Å². The highest BCUT2D eigenvalue weighted by molar-refractivity contribution is 5.33. The van der Waals surface area contributed by atoms with Gasteiger partial charge in [0.25, 0.3) is 0 Å². The molecule has 0 spiro atoms. The average molecular weight is 263 g/mol. The third-order valence-electron chi connectivity index (χ3n) is 3.71. The fourth-order valence-electron chi connectivity index (χ4n) is 2.89. The number of para-hydroxylation sites is 1. The number of benzene rings is 1. The van der Waals surface area contributed by atoms with Crippen molar-refractivity contribution in [1.29, 1.82) is 0 Å². The Morgan fingerprint density at radius 2 is 2.00 bits per heavy atom. The van der Waals surface area contributed by atoms with E-state index in [0.29, 0.717) is 5.92 Å². The SMILES string of the molecule is CCCC(C)CC(CNC)Cc1ccccc1OC. The molecule has 0 radical (unpaired) electrons. The third kappa shape index (κ3) is 5.65. The van der Waals surface area contributed by atoms with Gasteiger partial charge in [-0.15, -0.1) is 0 Å². The lowest BCUT2D eigenvalue weighted by molar-refractivity contribution is 0.353. The van der Waals surface area contributed by atoms with E-state index in [-0.39, 0.29) is 0 Å². The molecule has 0 aliphatic carbocycles. The smallest absolute Gasteiger partial charge is 0.122 e. The van der Waals surface area contributed by atoms with Gasteiger partial charge in [-0.2, -0.15) is 0 Å². The molecular weight excluding hydrogens is 234 g/mol. The van der Waals surface area contributed by atoms with Crippen molar-refractivity contribution in [2.24, 2.45) is 11.8 Å². The van der Waals surface area contributed by atoms with Gasteiger partial charge in [0.1, 0.15) is 5.75 Å². The summed E-state index contributed by atoms with van der Waals surface area (Å²) >= 11 is 0. The van der Waals surface area contributed by atoms with E-state index in [4.69, 9.17) is 4.74 Å². The monoisotopic (exact) mass is 263 g/mol. The largest absolute Gasteiger partial charge is 0.496 e. The minimum atomic E-state index is 0.683. The van der Waals surface area contributed by atoms with Gasteiger partial charge in [0.15, 0.2) is 0 Å². The molecule has 0 bridgehead atoms. The van der Waals surface area contributed by atoms with Crippen LogP contribution in [0.5, 0.6) is 5.75 Å². The number of hydrogen-bond acceptors (Lipinski definition) is 2. The van der Waals surface area contributed by atoms with Crippen LogP contribution in [-0.4, -0.2) is 20.7 Å². The first-order valence-electron chi connectivity index (χ1n) is 7.47. The Bertz CT molecular complexity index is 351. The minimum absolute atomic E-state index is 0.683. The van der Waals surface area contributed by atoms with Crippen molar-refractivity contribution < 1.29 is 4.74 Å². The van der Waals surface area contributed by atoms with Gasteiger partial charge in [-0.3, -0.25) is 0 Å². The Balaban J connectivity index is 2.66. The summed E-state index contributed by atoms with van der Waals surface area (Å²) in [5.41, 5.74) is 1.33. The summed E-state index contributed by atoms with van der Waals surface area (Å²) < 4.78 is 5.46. The quantitative estimate of drug-likeness (QED) is 0.729. The van der Waals surface area contributed by atoms with Gasteiger partial charge >= 0.3 is 0 Å². The molecule has 1 rings (SSSR count). The lowest BCUT2D eigenvalue weighted by Gasteiger charge is -2.21. The molecule has 2 nitrogen and oxygen atoms in total. The van der Waals surface area contributed by atoms with Crippen molar-refractivity contribution >= 4 is 0 Å². The minimum Gasteiger partial charge on any atom is -0.496 e. The first-order chi connectivity index (χ1) is 9.21. The van der Waals surface area contributed by atoms with Crippen LogP contribution in [0.1, 0.15) is 38.7 Å². The van der Waals surface area contributed by atoms with Crippen molar-refractivity contribution in [2.75, 3.05) is 20.7 Å². The number of ether oxygens (including phenoxy) is 1. The zero-order valence-corrected chi connectivity index (χ0v) is 12.9. The molecule has 1 aromatic carbocycles. The second-order valence-corrected chi connectivity index (χ2v) is 5.57. The summed E-state index contributed by atoms with van der Waals surface area (Å²) in [5.74, 6) is 2.51. The molecule has 2 atom stereocenters. The highest BCUT2D eigenvalue weighted by Gasteiger charge is 2.15. The van der Waals surface area contributed by atoms with E-state index < -0.39 is 0 Å². The molecule has 1 aromatic rings. The molecule has 0 aliphatic rings. The van der Waals surface area contributed by atoms with Crippen LogP contribution in [-0.2, 0) is 6.42 Å². The fourth-order valence-corrected chi connectivity index (χ4v) is 2.89. The van der Waals surface area contributed by atoms with Gasteiger partial charge in [-0.25, -0.2) is 0 Å². The first-order valence-corrected chi connectivity index (χ1v) is 7.47. The summed E-state index contributed by atoms with van der Waals surface area (Å²) in [6.45, 7) is 5.71. The summed E-state index contributed by atoms with van der Waals surface area (Å²) in [6.07, 6.45) is 4.99. The Labute approximate surface area is 118 Å². The van der Waals surface area contributed by atoms with Crippen LogP contribution in [0.25, 0.3) is 0 Å². The Hall–Kier alpha value is -1.02. The molecule has 108 valence electrons. The van der Waals surface area contributed by atoms with Gasteiger partial charge < -0.3 is 10.1 Å². The molecule has 0 aromatic heterocycles. The van der Waals surface area contributed by atoms with E-state index in [2.05, 4.69) is 37.4 Å². The maximum absolute atomic E-state index is 5.46. The normalized spacial score (nSPS) is 14.1. The number of nitrogens with one attached hydrogen (secondary N) is 1. The van der Waals surface area contributed by atoms with Crippen molar-refractivity contribution in [3.63, 3.8) is 0 Å². The molecular formula is C17H29NO. The maximum Gasteiger partial charge on any atom is 0.122 e. The molecule has 0 saturated carbocycles. The fraction of sp³-hybridized carbons (Fsp3) is 0.647. The summed E-state index contributed by atoms with van der Waals surface area (Å²) in [4.78, 5) is 0. The summed E-state index contributed by atoms with van der Waals surface area (Å²) in [5, 5.41) is 3.33. The summed E-state index contributed by atoms with van der Waals surface area (Å²) in [7, 11) is 3.80. The summed E-state index contributed by atoms with van der Waals surface area (Å²) in [6, 6.07) is 8.38. The van der Waals surface area contributed by atoms with E-state index in [0.717, 1.165) is 24.6 Å². The first kappa shape index (κ1) is 16.0. The van der Waals surface area contributed by atoms with Gasteiger partial charge in [0.2, 0.25) is 0 Å². The molecule has 0 saturated heterocycles. The highest BCUT2D eigenvalue weighted by Crippen LogP contribution is 2.25. The van der Waals surface area contributed by atoms with Gasteiger partial charge in [0, 0.05) is 0 Å². The number of rotatable bonds is 9. The third-order valence-corrected chi connectivity index (χ3v) is 3.71. The van der Waals surface area contributed by atoms with E-state index in [1.807, 2.05) is 13.1 Å². The zero-order chi connectivity index (χ0) is 14.1. The van der Waals surface area contributed by atoms with Crippen LogP contribution in [0.15, 0.2) is 24.3 Å². The predicted octanol–water partition coefficient (Wildman–Crippen LogP) is 3.90. The van der Waals surface area contributed by atoms with Crippen molar-refractivity contribution in [3.05, 3.63) is 29.8 Å². The Kier molecular flexibility index (Phi) is 7.57. The van der Waals surface area contributed by atoms with Crippen molar-refractivity contribution in [1.82, 2.24) is 5.32 Å². The molecule has 0 fully saturated rings. The van der Waals surface area contributed by atoms with Crippen molar-refractivity contribution in [2.45, 2.75) is 39.5 Å². The number of hydrogen-bond donors (Lipinski definition) is 1. The molecule has 19 heavy (non-hydrogen) atoms. The molecule has 0 heterocycles. The zero-order valence-electron chi connectivity index (χ0n) is 12.9. The lowest BCUT2D eigenvalue weighted by atomic mass is 9.88. The van der Waals surface area contributed by atoms with Crippen LogP contribution in [0, 0.1) is 11.8 Å². The van der Waals surface area contributed by atoms with Gasteiger partial charge in [0.05, 0.1) is 7.11 Å². The maximum atomic E-state index is 5.46. The topological polar surface area (TPSA) is 21.3 Å².